The zero-order valence-electron chi connectivity index (χ0n) is 19.4. The summed E-state index contributed by atoms with van der Waals surface area (Å²) >= 11 is 0. The molecule has 0 aliphatic carbocycles. The molecule has 0 unspecified atom stereocenters. The van der Waals surface area contributed by atoms with E-state index in [2.05, 4.69) is 32.2 Å². The Hall–Kier alpha value is -3.78. The van der Waals surface area contributed by atoms with Crippen molar-refractivity contribution in [2.75, 3.05) is 20.1 Å². The number of benzene rings is 1. The van der Waals surface area contributed by atoms with Gasteiger partial charge >= 0.3 is 0 Å². The van der Waals surface area contributed by atoms with Crippen molar-refractivity contribution in [3.63, 3.8) is 0 Å². The SMILES string of the molecule is CC(=O)N(C)C1CCN(Cc2ccc3cc(Oc4ccc(-c5ccn[nH]5)cn4)ccc3n2)CC1. The lowest BCUT2D eigenvalue weighted by Crippen LogP contribution is -2.44. The number of carbonyl (C=O) groups is 1. The van der Waals surface area contributed by atoms with E-state index in [9.17, 15) is 4.79 Å². The smallest absolute Gasteiger partial charge is 0.219 e. The largest absolute Gasteiger partial charge is 0.439 e. The number of carbonyl (C=O) groups excluding carboxylic acids is 1. The molecule has 1 aliphatic heterocycles. The van der Waals surface area contributed by atoms with Gasteiger partial charge in [-0.1, -0.05) is 6.07 Å². The number of likely N-dealkylation sites (tertiary alicyclic amines) is 1. The van der Waals surface area contributed by atoms with Gasteiger partial charge in [-0.2, -0.15) is 5.10 Å². The Morgan fingerprint density at radius 1 is 1.15 bits per heavy atom. The summed E-state index contributed by atoms with van der Waals surface area (Å²) < 4.78 is 5.96. The molecule has 1 aromatic carbocycles. The fraction of sp³-hybridized carbons (Fsp3) is 0.308. The number of hydrogen-bond donors (Lipinski definition) is 1. The van der Waals surface area contributed by atoms with Gasteiger partial charge in [0.25, 0.3) is 0 Å². The van der Waals surface area contributed by atoms with Crippen LogP contribution in [0.4, 0.5) is 0 Å². The Morgan fingerprint density at radius 3 is 2.71 bits per heavy atom. The number of piperidine rings is 1. The highest BCUT2D eigenvalue weighted by atomic mass is 16.5. The first-order valence-electron chi connectivity index (χ1n) is 11.5. The summed E-state index contributed by atoms with van der Waals surface area (Å²) in [7, 11) is 1.90. The van der Waals surface area contributed by atoms with E-state index in [-0.39, 0.29) is 5.91 Å². The minimum atomic E-state index is 0.139. The van der Waals surface area contributed by atoms with Crippen molar-refractivity contribution in [1.29, 1.82) is 0 Å². The van der Waals surface area contributed by atoms with Crippen LogP contribution < -0.4 is 4.74 Å². The molecular formula is C26H28N6O2. The number of nitrogens with one attached hydrogen (secondary N) is 1. The Balaban J connectivity index is 1.21. The van der Waals surface area contributed by atoms with Gasteiger partial charge in [-0.05, 0) is 49.2 Å². The predicted octanol–water partition coefficient (Wildman–Crippen LogP) is 4.25. The van der Waals surface area contributed by atoms with Gasteiger partial charge in [-0.25, -0.2) is 4.98 Å². The summed E-state index contributed by atoms with van der Waals surface area (Å²) in [5.41, 5.74) is 3.86. The van der Waals surface area contributed by atoms with E-state index < -0.39 is 0 Å². The van der Waals surface area contributed by atoms with Crippen LogP contribution in [0.25, 0.3) is 22.2 Å². The molecule has 0 atom stereocenters. The minimum absolute atomic E-state index is 0.139. The Morgan fingerprint density at radius 2 is 2.00 bits per heavy atom. The third-order valence-corrected chi connectivity index (χ3v) is 6.48. The van der Waals surface area contributed by atoms with Gasteiger partial charge in [0.15, 0.2) is 0 Å². The molecular weight excluding hydrogens is 428 g/mol. The van der Waals surface area contributed by atoms with Gasteiger partial charge in [0, 0.05) is 69.1 Å². The standard InChI is InChI=1S/C26H28N6O2/c1-18(33)31(2)22-10-13-32(14-11-22)17-21-5-3-19-15-23(6-7-24(19)29-21)34-26-8-4-20(16-27-26)25-9-12-28-30-25/h3-9,12,15-16,22H,10-11,13-14,17H2,1-2H3,(H,28,30). The molecule has 34 heavy (non-hydrogen) atoms. The maximum Gasteiger partial charge on any atom is 0.219 e. The quantitative estimate of drug-likeness (QED) is 0.467. The van der Waals surface area contributed by atoms with E-state index in [1.807, 2.05) is 48.3 Å². The molecule has 1 fully saturated rings. The molecule has 1 aliphatic rings. The summed E-state index contributed by atoms with van der Waals surface area (Å²) in [6, 6.07) is 16.1. The van der Waals surface area contributed by atoms with Gasteiger partial charge in [0.1, 0.15) is 5.75 Å². The van der Waals surface area contributed by atoms with Crippen molar-refractivity contribution in [2.24, 2.45) is 0 Å². The summed E-state index contributed by atoms with van der Waals surface area (Å²) in [6.45, 7) is 4.40. The van der Waals surface area contributed by atoms with Crippen LogP contribution in [-0.2, 0) is 11.3 Å². The summed E-state index contributed by atoms with van der Waals surface area (Å²) in [6.07, 6.45) is 5.48. The van der Waals surface area contributed by atoms with Crippen molar-refractivity contribution in [2.45, 2.75) is 32.4 Å². The van der Waals surface area contributed by atoms with Crippen LogP contribution >= 0.6 is 0 Å². The van der Waals surface area contributed by atoms with Crippen molar-refractivity contribution >= 4 is 16.8 Å². The average molecular weight is 457 g/mol. The highest BCUT2D eigenvalue weighted by Gasteiger charge is 2.24. The van der Waals surface area contributed by atoms with Crippen molar-refractivity contribution in [1.82, 2.24) is 30.0 Å². The third-order valence-electron chi connectivity index (χ3n) is 6.48. The highest BCUT2D eigenvalue weighted by Crippen LogP contribution is 2.26. The maximum absolute atomic E-state index is 11.6. The Kier molecular flexibility index (Phi) is 6.22. The van der Waals surface area contributed by atoms with Crippen molar-refractivity contribution in [3.05, 3.63) is 66.6 Å². The molecule has 0 radical (unpaired) electrons. The number of hydrogen-bond acceptors (Lipinski definition) is 6. The monoisotopic (exact) mass is 456 g/mol. The molecule has 8 nitrogen and oxygen atoms in total. The number of fused-ring (bicyclic) bond motifs is 1. The summed E-state index contributed by atoms with van der Waals surface area (Å²) in [5.74, 6) is 1.39. The number of amides is 1. The van der Waals surface area contributed by atoms with Crippen LogP contribution in [0.15, 0.2) is 60.9 Å². The minimum Gasteiger partial charge on any atom is -0.439 e. The molecule has 1 saturated heterocycles. The molecule has 1 N–H and O–H groups in total. The van der Waals surface area contributed by atoms with Crippen LogP contribution in [0.3, 0.4) is 0 Å². The second-order valence-electron chi connectivity index (χ2n) is 8.75. The van der Waals surface area contributed by atoms with E-state index in [1.165, 1.54) is 0 Å². The first kappa shape index (κ1) is 22.0. The second kappa shape index (κ2) is 9.61. The number of nitrogens with zero attached hydrogens (tertiary/aromatic N) is 5. The average Bonchev–Trinajstić information content (AvgIpc) is 3.40. The molecule has 5 rings (SSSR count). The summed E-state index contributed by atoms with van der Waals surface area (Å²) in [4.78, 5) is 25.1. The Labute approximate surface area is 198 Å². The lowest BCUT2D eigenvalue weighted by Gasteiger charge is -2.36. The number of rotatable bonds is 6. The predicted molar refractivity (Wildman–Crippen MR) is 130 cm³/mol. The van der Waals surface area contributed by atoms with Crippen molar-refractivity contribution < 1.29 is 9.53 Å². The number of aromatic amines is 1. The van der Waals surface area contributed by atoms with E-state index >= 15 is 0 Å². The molecule has 3 aromatic heterocycles. The second-order valence-corrected chi connectivity index (χ2v) is 8.75. The van der Waals surface area contributed by atoms with E-state index in [0.29, 0.717) is 11.9 Å². The molecule has 4 aromatic rings. The number of H-pyrrole nitrogens is 1. The van der Waals surface area contributed by atoms with Crippen LogP contribution in [0.2, 0.25) is 0 Å². The van der Waals surface area contributed by atoms with Gasteiger partial charge in [-0.15, -0.1) is 0 Å². The van der Waals surface area contributed by atoms with Gasteiger partial charge < -0.3 is 9.64 Å². The van der Waals surface area contributed by atoms with Gasteiger partial charge in [0.2, 0.25) is 11.8 Å². The number of ether oxygens (including phenoxy) is 1. The van der Waals surface area contributed by atoms with Crippen LogP contribution in [0.1, 0.15) is 25.5 Å². The molecule has 0 saturated carbocycles. The molecule has 1 amide bonds. The molecule has 8 heteroatoms. The third kappa shape index (κ3) is 4.92. The number of pyridine rings is 2. The molecule has 4 heterocycles. The normalized spacial score (nSPS) is 14.9. The van der Waals surface area contributed by atoms with Gasteiger partial charge in [0.05, 0.1) is 16.9 Å². The lowest BCUT2D eigenvalue weighted by atomic mass is 10.0. The van der Waals surface area contributed by atoms with E-state index in [0.717, 1.165) is 66.1 Å². The number of aromatic nitrogens is 4. The highest BCUT2D eigenvalue weighted by molar-refractivity contribution is 5.80. The molecule has 0 spiro atoms. The zero-order chi connectivity index (χ0) is 23.5. The summed E-state index contributed by atoms with van der Waals surface area (Å²) in [5, 5.41) is 7.92. The maximum atomic E-state index is 11.6. The fourth-order valence-corrected chi connectivity index (χ4v) is 4.39. The first-order chi connectivity index (χ1) is 16.5. The van der Waals surface area contributed by atoms with Crippen LogP contribution in [0, 0.1) is 0 Å². The van der Waals surface area contributed by atoms with Gasteiger partial charge in [-0.3, -0.25) is 19.8 Å². The zero-order valence-corrected chi connectivity index (χ0v) is 19.4. The van der Waals surface area contributed by atoms with E-state index in [1.54, 1.807) is 19.3 Å². The lowest BCUT2D eigenvalue weighted by molar-refractivity contribution is -0.130. The molecule has 174 valence electrons. The van der Waals surface area contributed by atoms with Crippen LogP contribution in [-0.4, -0.2) is 62.1 Å². The molecule has 0 bridgehead atoms. The first-order valence-corrected chi connectivity index (χ1v) is 11.5. The topological polar surface area (TPSA) is 87.2 Å². The fourth-order valence-electron chi connectivity index (χ4n) is 4.39. The van der Waals surface area contributed by atoms with E-state index in [4.69, 9.17) is 9.72 Å². The van der Waals surface area contributed by atoms with Crippen molar-refractivity contribution in [3.8, 4) is 22.9 Å². The Bertz CT molecular complexity index is 1260. The van der Waals surface area contributed by atoms with Crippen LogP contribution in [0.5, 0.6) is 11.6 Å².